The first-order valence-electron chi connectivity index (χ1n) is 4.22. The van der Waals surface area contributed by atoms with E-state index in [1.165, 1.54) is 12.8 Å². The van der Waals surface area contributed by atoms with E-state index < -0.39 is 6.17 Å². The van der Waals surface area contributed by atoms with Crippen molar-refractivity contribution >= 4 is 12.4 Å². The van der Waals surface area contributed by atoms with Crippen molar-refractivity contribution in [3.63, 3.8) is 0 Å². The Kier molecular flexibility index (Phi) is 5.88. The number of nitrogens with one attached hydrogen (secondary N) is 1. The molecule has 0 saturated carbocycles. The standard InChI is InChI=1S/C8H16FN.ClH/c1-2-7(9)8-5-3-4-6-10-8;/h7-8,10H,2-6H2,1H3;1H. The van der Waals surface area contributed by atoms with E-state index in [1.54, 1.807) is 0 Å². The molecule has 3 heteroatoms. The van der Waals surface area contributed by atoms with E-state index in [0.717, 1.165) is 13.0 Å². The third kappa shape index (κ3) is 3.39. The zero-order valence-electron chi connectivity index (χ0n) is 6.98. The van der Waals surface area contributed by atoms with Crippen LogP contribution >= 0.6 is 12.4 Å². The van der Waals surface area contributed by atoms with Crippen LogP contribution in [0.15, 0.2) is 0 Å². The minimum Gasteiger partial charge on any atom is -0.311 e. The molecule has 1 aliphatic heterocycles. The van der Waals surface area contributed by atoms with Crippen molar-refractivity contribution in [2.24, 2.45) is 0 Å². The Morgan fingerprint density at radius 3 is 2.73 bits per heavy atom. The number of rotatable bonds is 2. The number of alkyl halides is 1. The predicted octanol–water partition coefficient (Wildman–Crippen LogP) is 2.30. The molecule has 11 heavy (non-hydrogen) atoms. The molecule has 68 valence electrons. The lowest BCUT2D eigenvalue weighted by Gasteiger charge is -2.25. The van der Waals surface area contributed by atoms with Gasteiger partial charge in [0.2, 0.25) is 0 Å². The maximum atomic E-state index is 13.0. The van der Waals surface area contributed by atoms with Crippen molar-refractivity contribution in [1.82, 2.24) is 5.32 Å². The molecule has 0 aliphatic carbocycles. The molecular weight excluding hydrogens is 165 g/mol. The summed E-state index contributed by atoms with van der Waals surface area (Å²) >= 11 is 0. The van der Waals surface area contributed by atoms with Crippen LogP contribution in [0, 0.1) is 0 Å². The van der Waals surface area contributed by atoms with Crippen LogP contribution < -0.4 is 5.32 Å². The Morgan fingerprint density at radius 1 is 1.55 bits per heavy atom. The third-order valence-electron chi connectivity index (χ3n) is 2.18. The first kappa shape index (κ1) is 11.2. The minimum absolute atomic E-state index is 0. The monoisotopic (exact) mass is 181 g/mol. The molecule has 0 spiro atoms. The highest BCUT2D eigenvalue weighted by molar-refractivity contribution is 5.85. The predicted molar refractivity (Wildman–Crippen MR) is 48.1 cm³/mol. The van der Waals surface area contributed by atoms with Gasteiger partial charge < -0.3 is 5.32 Å². The number of hydrogen-bond donors (Lipinski definition) is 1. The van der Waals surface area contributed by atoms with Gasteiger partial charge in [0.1, 0.15) is 6.17 Å². The topological polar surface area (TPSA) is 12.0 Å². The van der Waals surface area contributed by atoms with E-state index >= 15 is 0 Å². The summed E-state index contributed by atoms with van der Waals surface area (Å²) in [4.78, 5) is 0. The van der Waals surface area contributed by atoms with Gasteiger partial charge in [-0.2, -0.15) is 0 Å². The second kappa shape index (κ2) is 5.78. The molecule has 1 rings (SSSR count). The summed E-state index contributed by atoms with van der Waals surface area (Å²) in [5.41, 5.74) is 0. The highest BCUT2D eigenvalue weighted by atomic mass is 35.5. The Labute approximate surface area is 74.2 Å². The fraction of sp³-hybridized carbons (Fsp3) is 1.00. The van der Waals surface area contributed by atoms with Crippen molar-refractivity contribution < 1.29 is 4.39 Å². The molecule has 0 amide bonds. The van der Waals surface area contributed by atoms with Gasteiger partial charge in [0, 0.05) is 6.04 Å². The molecule has 1 N–H and O–H groups in total. The molecule has 1 aliphatic rings. The number of hydrogen-bond acceptors (Lipinski definition) is 1. The summed E-state index contributed by atoms with van der Waals surface area (Å²) in [6.07, 6.45) is 3.46. The zero-order chi connectivity index (χ0) is 7.40. The van der Waals surface area contributed by atoms with Crippen LogP contribution in [0.5, 0.6) is 0 Å². The molecule has 1 fully saturated rings. The quantitative estimate of drug-likeness (QED) is 0.690. The Bertz CT molecular complexity index is 94.1. The van der Waals surface area contributed by atoms with Gasteiger partial charge in [-0.25, -0.2) is 4.39 Å². The third-order valence-corrected chi connectivity index (χ3v) is 2.18. The van der Waals surface area contributed by atoms with Gasteiger partial charge in [0.15, 0.2) is 0 Å². The van der Waals surface area contributed by atoms with Crippen LogP contribution in [-0.4, -0.2) is 18.8 Å². The summed E-state index contributed by atoms with van der Waals surface area (Å²) in [5.74, 6) is 0. The highest BCUT2D eigenvalue weighted by Gasteiger charge is 2.20. The van der Waals surface area contributed by atoms with Crippen LogP contribution in [0.4, 0.5) is 4.39 Å². The lowest BCUT2D eigenvalue weighted by atomic mass is 10.00. The van der Waals surface area contributed by atoms with Gasteiger partial charge >= 0.3 is 0 Å². The van der Waals surface area contributed by atoms with E-state index in [0.29, 0.717) is 6.42 Å². The second-order valence-electron chi connectivity index (χ2n) is 2.98. The first-order chi connectivity index (χ1) is 4.84. The molecule has 1 heterocycles. The lowest BCUT2D eigenvalue weighted by Crippen LogP contribution is -2.40. The smallest absolute Gasteiger partial charge is 0.115 e. The van der Waals surface area contributed by atoms with E-state index in [1.807, 2.05) is 6.92 Å². The van der Waals surface area contributed by atoms with E-state index in [2.05, 4.69) is 5.32 Å². The van der Waals surface area contributed by atoms with Crippen LogP contribution in [0.2, 0.25) is 0 Å². The van der Waals surface area contributed by atoms with E-state index in [-0.39, 0.29) is 18.4 Å². The first-order valence-corrected chi connectivity index (χ1v) is 4.22. The van der Waals surface area contributed by atoms with Crippen LogP contribution in [0.1, 0.15) is 32.6 Å². The molecule has 0 bridgehead atoms. The Morgan fingerprint density at radius 2 is 2.27 bits per heavy atom. The maximum Gasteiger partial charge on any atom is 0.115 e. The van der Waals surface area contributed by atoms with Crippen LogP contribution in [0.25, 0.3) is 0 Å². The van der Waals surface area contributed by atoms with Crippen molar-refractivity contribution in [3.05, 3.63) is 0 Å². The molecular formula is C8H17ClFN. The molecule has 1 nitrogen and oxygen atoms in total. The van der Waals surface area contributed by atoms with Crippen molar-refractivity contribution in [1.29, 1.82) is 0 Å². The van der Waals surface area contributed by atoms with Gasteiger partial charge in [0.25, 0.3) is 0 Å². The fourth-order valence-corrected chi connectivity index (χ4v) is 1.47. The number of halogens is 2. The molecule has 0 aromatic carbocycles. The summed E-state index contributed by atoms with van der Waals surface area (Å²) in [6.45, 7) is 2.91. The summed E-state index contributed by atoms with van der Waals surface area (Å²) in [5, 5.41) is 3.19. The number of piperidine rings is 1. The SMILES string of the molecule is CCC(F)C1CCCCN1.Cl. The fourth-order valence-electron chi connectivity index (χ4n) is 1.47. The molecule has 1 saturated heterocycles. The summed E-state index contributed by atoms with van der Waals surface area (Å²) < 4.78 is 13.0. The van der Waals surface area contributed by atoms with Crippen molar-refractivity contribution in [2.45, 2.75) is 44.8 Å². The summed E-state index contributed by atoms with van der Waals surface area (Å²) in [7, 11) is 0. The molecule has 0 radical (unpaired) electrons. The molecule has 2 atom stereocenters. The maximum absolute atomic E-state index is 13.0. The lowest BCUT2D eigenvalue weighted by molar-refractivity contribution is 0.212. The Hall–Kier alpha value is 0.180. The molecule has 0 aromatic rings. The molecule has 0 aromatic heterocycles. The van der Waals surface area contributed by atoms with E-state index in [9.17, 15) is 4.39 Å². The minimum atomic E-state index is -0.625. The normalized spacial score (nSPS) is 27.3. The van der Waals surface area contributed by atoms with E-state index in [4.69, 9.17) is 0 Å². The highest BCUT2D eigenvalue weighted by Crippen LogP contribution is 2.14. The van der Waals surface area contributed by atoms with Gasteiger partial charge in [0.05, 0.1) is 0 Å². The van der Waals surface area contributed by atoms with Gasteiger partial charge in [-0.1, -0.05) is 13.3 Å². The average molecular weight is 182 g/mol. The van der Waals surface area contributed by atoms with Crippen LogP contribution in [0.3, 0.4) is 0 Å². The average Bonchev–Trinajstić information content (AvgIpc) is 2.05. The zero-order valence-corrected chi connectivity index (χ0v) is 7.79. The van der Waals surface area contributed by atoms with Crippen molar-refractivity contribution in [2.75, 3.05) is 6.54 Å². The van der Waals surface area contributed by atoms with Gasteiger partial charge in [-0.3, -0.25) is 0 Å². The van der Waals surface area contributed by atoms with Gasteiger partial charge in [-0.15, -0.1) is 12.4 Å². The summed E-state index contributed by atoms with van der Waals surface area (Å²) in [6, 6.07) is 0.152. The van der Waals surface area contributed by atoms with Gasteiger partial charge in [-0.05, 0) is 25.8 Å². The largest absolute Gasteiger partial charge is 0.311 e. The Balaban J connectivity index is 0.000001000. The second-order valence-corrected chi connectivity index (χ2v) is 2.98. The molecule has 2 unspecified atom stereocenters. The van der Waals surface area contributed by atoms with Crippen LogP contribution in [-0.2, 0) is 0 Å². The van der Waals surface area contributed by atoms with Crippen molar-refractivity contribution in [3.8, 4) is 0 Å².